The summed E-state index contributed by atoms with van der Waals surface area (Å²) in [4.78, 5) is 49.4. The summed E-state index contributed by atoms with van der Waals surface area (Å²) in [6.07, 6.45) is 0.694. The van der Waals surface area contributed by atoms with Crippen LogP contribution in [0.1, 0.15) is 38.5 Å². The average molecular weight is 457 g/mol. The van der Waals surface area contributed by atoms with Gasteiger partial charge in [-0.15, -0.1) is 11.3 Å². The van der Waals surface area contributed by atoms with Crippen molar-refractivity contribution in [3.63, 3.8) is 0 Å². The smallest absolute Gasteiger partial charge is 0.258 e. The molecule has 168 valence electrons. The minimum Gasteiger partial charge on any atom is -0.384 e. The van der Waals surface area contributed by atoms with Crippen LogP contribution in [-0.4, -0.2) is 41.5 Å². The third-order valence-electron chi connectivity index (χ3n) is 5.11. The second-order valence-electron chi connectivity index (χ2n) is 7.51. The van der Waals surface area contributed by atoms with E-state index in [4.69, 9.17) is 16.9 Å². The Hall–Kier alpha value is -3.73. The zero-order valence-corrected chi connectivity index (χ0v) is 18.0. The van der Waals surface area contributed by atoms with E-state index in [0.29, 0.717) is 10.4 Å². The molecule has 1 aliphatic rings. The first-order valence-electron chi connectivity index (χ1n) is 9.86. The fourth-order valence-electron chi connectivity index (χ4n) is 3.48. The van der Waals surface area contributed by atoms with E-state index in [9.17, 15) is 19.2 Å². The number of nitrogens with two attached hydrogens (primary N) is 2. The lowest BCUT2D eigenvalue weighted by Crippen LogP contribution is -2.57. The molecule has 1 aliphatic heterocycles. The number of nitrogen functional groups attached to an aromatic ring is 1. The second kappa shape index (κ2) is 9.60. The van der Waals surface area contributed by atoms with Crippen LogP contribution in [0.4, 0.5) is 0 Å². The second-order valence-corrected chi connectivity index (χ2v) is 8.68. The SMILES string of the molecule is N=C(N)c1cccc(C[C@@]2(C(=O)NCC(=O)NCc3ccc(C(N)=O)s3)CCC(=O)N2)c1. The number of carbonyl (C=O) groups excluding carboxylic acids is 4. The Kier molecular flexibility index (Phi) is 6.89. The Morgan fingerprint density at radius 3 is 2.56 bits per heavy atom. The van der Waals surface area contributed by atoms with Gasteiger partial charge in [-0.2, -0.15) is 0 Å². The van der Waals surface area contributed by atoms with Gasteiger partial charge in [0.25, 0.3) is 5.91 Å². The molecule has 3 rings (SSSR count). The van der Waals surface area contributed by atoms with Crippen molar-refractivity contribution in [3.8, 4) is 0 Å². The summed E-state index contributed by atoms with van der Waals surface area (Å²) < 4.78 is 0. The highest BCUT2D eigenvalue weighted by molar-refractivity contribution is 7.14. The predicted molar refractivity (Wildman–Crippen MR) is 119 cm³/mol. The topological polar surface area (TPSA) is 180 Å². The zero-order valence-electron chi connectivity index (χ0n) is 17.2. The fourth-order valence-corrected chi connectivity index (χ4v) is 4.28. The largest absolute Gasteiger partial charge is 0.384 e. The summed E-state index contributed by atoms with van der Waals surface area (Å²) in [5.41, 5.74) is 10.8. The molecule has 0 spiro atoms. The van der Waals surface area contributed by atoms with Crippen molar-refractivity contribution in [2.45, 2.75) is 31.3 Å². The van der Waals surface area contributed by atoms with Crippen molar-refractivity contribution in [1.29, 1.82) is 5.41 Å². The number of rotatable bonds is 9. The van der Waals surface area contributed by atoms with Gasteiger partial charge in [0, 0.05) is 23.3 Å². The lowest BCUT2D eigenvalue weighted by atomic mass is 9.87. The molecule has 1 aromatic heterocycles. The van der Waals surface area contributed by atoms with Crippen LogP contribution >= 0.6 is 11.3 Å². The van der Waals surface area contributed by atoms with Crippen molar-refractivity contribution in [1.82, 2.24) is 16.0 Å². The summed E-state index contributed by atoms with van der Waals surface area (Å²) in [5, 5.41) is 15.6. The molecular formula is C21H24N6O4S. The molecule has 0 saturated carbocycles. The molecule has 1 atom stereocenters. The zero-order chi connectivity index (χ0) is 23.3. The standard InChI is InChI=1S/C21H24N6O4S/c22-18(23)13-3-1-2-12(8-13)9-21(7-6-16(28)27-21)20(31)26-11-17(29)25-10-14-4-5-15(32-14)19(24)30/h1-5,8H,6-7,9-11H2,(H3,22,23)(H2,24,30)(H,25,29)(H,26,31)(H,27,28)/t21-/m1/s1. The molecule has 11 heteroatoms. The van der Waals surface area contributed by atoms with Gasteiger partial charge in [-0.05, 0) is 30.2 Å². The molecule has 2 aromatic rings. The number of hydrogen-bond acceptors (Lipinski definition) is 6. The first kappa shape index (κ1) is 22.9. The Bertz CT molecular complexity index is 1080. The van der Waals surface area contributed by atoms with Crippen LogP contribution in [0.25, 0.3) is 0 Å². The van der Waals surface area contributed by atoms with Gasteiger partial charge in [-0.3, -0.25) is 24.6 Å². The van der Waals surface area contributed by atoms with Gasteiger partial charge < -0.3 is 27.4 Å². The number of benzene rings is 1. The molecule has 2 heterocycles. The van der Waals surface area contributed by atoms with E-state index in [1.54, 1.807) is 36.4 Å². The van der Waals surface area contributed by atoms with E-state index in [1.165, 1.54) is 11.3 Å². The van der Waals surface area contributed by atoms with E-state index < -0.39 is 23.3 Å². The van der Waals surface area contributed by atoms with Crippen LogP contribution < -0.4 is 27.4 Å². The van der Waals surface area contributed by atoms with Crippen molar-refractivity contribution in [2.75, 3.05) is 6.54 Å². The van der Waals surface area contributed by atoms with E-state index in [-0.39, 0.29) is 44.1 Å². The fraction of sp³-hybridized carbons (Fsp3) is 0.286. The Labute approximate surface area is 188 Å². The third kappa shape index (κ3) is 5.49. The predicted octanol–water partition coefficient (Wildman–Crippen LogP) is -0.245. The van der Waals surface area contributed by atoms with E-state index in [2.05, 4.69) is 16.0 Å². The van der Waals surface area contributed by atoms with Gasteiger partial charge in [-0.25, -0.2) is 0 Å². The third-order valence-corrected chi connectivity index (χ3v) is 6.21. The molecule has 1 saturated heterocycles. The quantitative estimate of drug-likeness (QED) is 0.224. The monoisotopic (exact) mass is 456 g/mol. The van der Waals surface area contributed by atoms with Gasteiger partial charge in [0.1, 0.15) is 11.4 Å². The maximum atomic E-state index is 13.0. The van der Waals surface area contributed by atoms with Crippen LogP contribution in [0.3, 0.4) is 0 Å². The lowest BCUT2D eigenvalue weighted by Gasteiger charge is -2.28. The number of amidine groups is 1. The van der Waals surface area contributed by atoms with Crippen molar-refractivity contribution >= 4 is 40.8 Å². The summed E-state index contributed by atoms with van der Waals surface area (Å²) in [5.74, 6) is -1.73. The van der Waals surface area contributed by atoms with Crippen LogP contribution in [0.2, 0.25) is 0 Å². The molecule has 0 unspecified atom stereocenters. The van der Waals surface area contributed by atoms with Gasteiger partial charge in [0.2, 0.25) is 17.7 Å². The molecule has 8 N–H and O–H groups in total. The van der Waals surface area contributed by atoms with E-state index in [0.717, 1.165) is 10.4 Å². The molecule has 1 aromatic carbocycles. The average Bonchev–Trinajstić information content (AvgIpc) is 3.38. The van der Waals surface area contributed by atoms with Crippen molar-refractivity contribution < 1.29 is 19.2 Å². The first-order chi connectivity index (χ1) is 15.2. The number of primary amides is 1. The van der Waals surface area contributed by atoms with Crippen LogP contribution in [-0.2, 0) is 27.3 Å². The van der Waals surface area contributed by atoms with Gasteiger partial charge in [0.05, 0.1) is 18.0 Å². The maximum Gasteiger partial charge on any atom is 0.258 e. The number of thiophene rings is 1. The molecule has 1 fully saturated rings. The van der Waals surface area contributed by atoms with Crippen LogP contribution in [0.5, 0.6) is 0 Å². The Morgan fingerprint density at radius 1 is 1.16 bits per heavy atom. The summed E-state index contributed by atoms with van der Waals surface area (Å²) in [6, 6.07) is 10.2. The van der Waals surface area contributed by atoms with E-state index in [1.807, 2.05) is 0 Å². The van der Waals surface area contributed by atoms with Crippen LogP contribution in [0, 0.1) is 5.41 Å². The maximum absolute atomic E-state index is 13.0. The highest BCUT2D eigenvalue weighted by atomic mass is 32.1. The minimum absolute atomic E-state index is 0.0915. The van der Waals surface area contributed by atoms with Gasteiger partial charge >= 0.3 is 0 Å². The minimum atomic E-state index is -1.18. The van der Waals surface area contributed by atoms with Gasteiger partial charge in [-0.1, -0.05) is 18.2 Å². The summed E-state index contributed by atoms with van der Waals surface area (Å²) in [7, 11) is 0. The highest BCUT2D eigenvalue weighted by Crippen LogP contribution is 2.26. The Morgan fingerprint density at radius 2 is 1.94 bits per heavy atom. The highest BCUT2D eigenvalue weighted by Gasteiger charge is 2.44. The van der Waals surface area contributed by atoms with E-state index >= 15 is 0 Å². The molecule has 0 radical (unpaired) electrons. The molecule has 10 nitrogen and oxygen atoms in total. The molecule has 32 heavy (non-hydrogen) atoms. The van der Waals surface area contributed by atoms with Crippen molar-refractivity contribution in [2.24, 2.45) is 11.5 Å². The molecular weight excluding hydrogens is 432 g/mol. The number of nitrogens with one attached hydrogen (secondary N) is 4. The molecule has 0 bridgehead atoms. The van der Waals surface area contributed by atoms with Crippen molar-refractivity contribution in [3.05, 3.63) is 57.3 Å². The number of hydrogen-bond donors (Lipinski definition) is 6. The van der Waals surface area contributed by atoms with Gasteiger partial charge in [0.15, 0.2) is 0 Å². The van der Waals surface area contributed by atoms with Crippen LogP contribution in [0.15, 0.2) is 36.4 Å². The molecule has 0 aliphatic carbocycles. The first-order valence-corrected chi connectivity index (χ1v) is 10.7. The number of amides is 4. The summed E-state index contributed by atoms with van der Waals surface area (Å²) in [6.45, 7) is -0.0651. The number of carbonyl (C=O) groups is 4. The summed E-state index contributed by atoms with van der Waals surface area (Å²) >= 11 is 1.18. The normalized spacial score (nSPS) is 17.4. The lowest BCUT2D eigenvalue weighted by molar-refractivity contribution is -0.131. The molecule has 4 amide bonds. The Balaban J connectivity index is 1.60.